The van der Waals surface area contributed by atoms with E-state index in [0.717, 1.165) is 27.1 Å². The molecule has 0 bridgehead atoms. The number of carbonyl (C=O) groups is 1. The third-order valence-electron chi connectivity index (χ3n) is 5.04. The maximum atomic E-state index is 13.1. The normalized spacial score (nSPS) is 12.6. The van der Waals surface area contributed by atoms with E-state index < -0.39 is 0 Å². The number of rotatable bonds is 4. The predicted octanol–water partition coefficient (Wildman–Crippen LogP) is 7.32. The summed E-state index contributed by atoms with van der Waals surface area (Å²) >= 11 is 1.38. The van der Waals surface area contributed by atoms with Crippen molar-refractivity contribution in [3.63, 3.8) is 0 Å². The van der Waals surface area contributed by atoms with Crippen molar-refractivity contribution in [2.45, 2.75) is 32.6 Å². The van der Waals surface area contributed by atoms with Crippen LogP contribution in [0.2, 0.25) is 0 Å². The maximum Gasteiger partial charge on any atom is 0.197 e. The Hall–Kier alpha value is -2.32. The highest BCUT2D eigenvalue weighted by atomic mass is 32.2. The lowest BCUT2D eigenvalue weighted by Crippen LogP contribution is -2.23. The first-order chi connectivity index (χ1) is 12.9. The smallest absolute Gasteiger partial charge is 0.197 e. The highest BCUT2D eigenvalue weighted by molar-refractivity contribution is 8.13. The summed E-state index contributed by atoms with van der Waals surface area (Å²) in [6, 6.07) is 26.9. The third-order valence-corrected chi connectivity index (χ3v) is 6.24. The molecule has 0 amide bonds. The molecule has 138 valence electrons. The third kappa shape index (κ3) is 4.51. The molecule has 0 saturated carbocycles. The van der Waals surface area contributed by atoms with Gasteiger partial charge in [0.15, 0.2) is 5.12 Å². The second kappa shape index (κ2) is 8.14. The molecule has 1 nitrogen and oxygen atoms in total. The highest BCUT2D eigenvalue weighted by Gasteiger charge is 2.28. The molecule has 0 radical (unpaired) electrons. The zero-order valence-electron chi connectivity index (χ0n) is 16.4. The molecule has 1 atom stereocenters. The summed E-state index contributed by atoms with van der Waals surface area (Å²) < 4.78 is 0. The van der Waals surface area contributed by atoms with Gasteiger partial charge in [-0.15, -0.1) is 0 Å². The topological polar surface area (TPSA) is 17.1 Å². The van der Waals surface area contributed by atoms with Crippen LogP contribution in [0.3, 0.4) is 0 Å². The molecular formula is C25H26OS. The summed E-state index contributed by atoms with van der Waals surface area (Å²) in [5.41, 5.74) is 4.43. The Morgan fingerprint density at radius 3 is 1.59 bits per heavy atom. The zero-order valence-corrected chi connectivity index (χ0v) is 17.2. The van der Waals surface area contributed by atoms with E-state index in [1.54, 1.807) is 0 Å². The van der Waals surface area contributed by atoms with Crippen LogP contribution in [0, 0.1) is 11.3 Å². The van der Waals surface area contributed by atoms with E-state index in [4.69, 9.17) is 0 Å². The van der Waals surface area contributed by atoms with Crippen LogP contribution in [-0.2, 0) is 4.79 Å². The first kappa shape index (κ1) is 19.4. The monoisotopic (exact) mass is 374 g/mol. The highest BCUT2D eigenvalue weighted by Crippen LogP contribution is 2.42. The molecule has 3 rings (SSSR count). The number of benzene rings is 3. The molecule has 0 N–H and O–H groups in total. The lowest BCUT2D eigenvalue weighted by molar-refractivity contribution is -0.116. The van der Waals surface area contributed by atoms with Crippen molar-refractivity contribution in [1.29, 1.82) is 0 Å². The van der Waals surface area contributed by atoms with Crippen LogP contribution >= 0.6 is 11.8 Å². The van der Waals surface area contributed by atoms with Crippen molar-refractivity contribution >= 4 is 16.9 Å². The fourth-order valence-electron chi connectivity index (χ4n) is 2.88. The average molecular weight is 375 g/mol. The fourth-order valence-corrected chi connectivity index (χ4v) is 4.20. The van der Waals surface area contributed by atoms with E-state index in [1.165, 1.54) is 11.8 Å². The lowest BCUT2D eigenvalue weighted by atomic mass is 9.83. The molecule has 0 saturated heterocycles. The Bertz CT molecular complexity index is 850. The van der Waals surface area contributed by atoms with E-state index in [2.05, 4.69) is 63.2 Å². The van der Waals surface area contributed by atoms with Gasteiger partial charge in [0.1, 0.15) is 0 Å². The van der Waals surface area contributed by atoms with Gasteiger partial charge in [-0.2, -0.15) is 0 Å². The van der Waals surface area contributed by atoms with Gasteiger partial charge in [0.25, 0.3) is 0 Å². The molecule has 3 aromatic rings. The van der Waals surface area contributed by atoms with E-state index in [1.807, 2.05) is 43.3 Å². The summed E-state index contributed by atoms with van der Waals surface area (Å²) in [5, 5.41) is 0.211. The van der Waals surface area contributed by atoms with Crippen LogP contribution in [0.5, 0.6) is 0 Å². The molecule has 0 spiro atoms. The van der Waals surface area contributed by atoms with Gasteiger partial charge in [0.05, 0.1) is 0 Å². The average Bonchev–Trinajstić information content (AvgIpc) is 2.68. The molecule has 0 aliphatic carbocycles. The van der Waals surface area contributed by atoms with Crippen LogP contribution in [-0.4, -0.2) is 5.12 Å². The number of carbonyl (C=O) groups excluding carboxylic acids is 1. The second-order valence-electron chi connectivity index (χ2n) is 7.92. The van der Waals surface area contributed by atoms with Crippen LogP contribution < -0.4 is 0 Å². The fraction of sp³-hybridized carbons (Fsp3) is 0.240. The van der Waals surface area contributed by atoms with E-state index in [-0.39, 0.29) is 16.4 Å². The molecule has 0 fully saturated rings. The standard InChI is InChI=1S/C25H26OS/c1-18(25(2,3)4)24(26)27-23-21(19-12-7-5-8-13-19)16-11-17-22(23)20-14-9-6-10-15-20/h5-18H,1-4H3. The first-order valence-electron chi connectivity index (χ1n) is 9.33. The van der Waals surface area contributed by atoms with Crippen LogP contribution in [0.4, 0.5) is 0 Å². The van der Waals surface area contributed by atoms with Gasteiger partial charge in [-0.1, -0.05) is 118 Å². The van der Waals surface area contributed by atoms with Gasteiger partial charge in [0, 0.05) is 10.8 Å². The van der Waals surface area contributed by atoms with E-state index in [0.29, 0.717) is 0 Å². The minimum atomic E-state index is -0.0569. The van der Waals surface area contributed by atoms with Gasteiger partial charge in [0.2, 0.25) is 0 Å². The SMILES string of the molecule is CC(C(=O)Sc1c(-c2ccccc2)cccc1-c1ccccc1)C(C)(C)C. The van der Waals surface area contributed by atoms with Gasteiger partial charge in [-0.25, -0.2) is 0 Å². The summed E-state index contributed by atoms with van der Waals surface area (Å²) in [6.07, 6.45) is 0. The molecule has 0 aliphatic heterocycles. The minimum Gasteiger partial charge on any atom is -0.287 e. The van der Waals surface area contributed by atoms with Crippen LogP contribution in [0.25, 0.3) is 22.3 Å². The van der Waals surface area contributed by atoms with Crippen LogP contribution in [0.15, 0.2) is 83.8 Å². The van der Waals surface area contributed by atoms with Crippen molar-refractivity contribution in [1.82, 2.24) is 0 Å². The Morgan fingerprint density at radius 2 is 1.19 bits per heavy atom. The van der Waals surface area contributed by atoms with Crippen molar-refractivity contribution in [3.05, 3.63) is 78.9 Å². The molecule has 2 heteroatoms. The first-order valence-corrected chi connectivity index (χ1v) is 10.1. The molecule has 0 heterocycles. The molecule has 0 aromatic heterocycles. The van der Waals surface area contributed by atoms with Gasteiger partial charge >= 0.3 is 0 Å². The van der Waals surface area contributed by atoms with Crippen molar-refractivity contribution < 1.29 is 4.79 Å². The maximum absolute atomic E-state index is 13.1. The Labute approximate surface area is 166 Å². The summed E-state index contributed by atoms with van der Waals surface area (Å²) in [7, 11) is 0. The lowest BCUT2D eigenvalue weighted by Gasteiger charge is -2.26. The Morgan fingerprint density at radius 1 is 0.741 bits per heavy atom. The Balaban J connectivity index is 2.12. The van der Waals surface area contributed by atoms with Crippen LogP contribution in [0.1, 0.15) is 27.7 Å². The van der Waals surface area contributed by atoms with Gasteiger partial charge < -0.3 is 0 Å². The molecule has 27 heavy (non-hydrogen) atoms. The molecule has 3 aromatic carbocycles. The molecular weight excluding hydrogens is 348 g/mol. The summed E-state index contributed by atoms with van der Waals surface area (Å²) in [6.45, 7) is 8.40. The number of hydrogen-bond acceptors (Lipinski definition) is 2. The predicted molar refractivity (Wildman–Crippen MR) is 117 cm³/mol. The summed E-state index contributed by atoms with van der Waals surface area (Å²) in [4.78, 5) is 14.1. The summed E-state index contributed by atoms with van der Waals surface area (Å²) in [5.74, 6) is -0.0325. The van der Waals surface area contributed by atoms with Crippen molar-refractivity contribution in [2.24, 2.45) is 11.3 Å². The van der Waals surface area contributed by atoms with E-state index >= 15 is 0 Å². The Kier molecular flexibility index (Phi) is 5.86. The van der Waals surface area contributed by atoms with Gasteiger partial charge in [-0.3, -0.25) is 4.79 Å². The molecule has 1 unspecified atom stereocenters. The zero-order chi connectivity index (χ0) is 19.4. The van der Waals surface area contributed by atoms with Crippen molar-refractivity contribution in [2.75, 3.05) is 0 Å². The van der Waals surface area contributed by atoms with E-state index in [9.17, 15) is 4.79 Å². The quantitative estimate of drug-likeness (QED) is 0.445. The number of thioether (sulfide) groups is 1. The number of hydrogen-bond donors (Lipinski definition) is 0. The minimum absolute atomic E-state index is 0.0325. The second-order valence-corrected chi connectivity index (χ2v) is 8.94. The molecule has 0 aliphatic rings. The van der Waals surface area contributed by atoms with Crippen molar-refractivity contribution in [3.8, 4) is 22.3 Å². The largest absolute Gasteiger partial charge is 0.287 e. The van der Waals surface area contributed by atoms with Gasteiger partial charge in [-0.05, 0) is 27.7 Å².